The highest BCUT2D eigenvalue weighted by Gasteiger charge is 2.22. The van der Waals surface area contributed by atoms with Crippen LogP contribution in [-0.2, 0) is 16.0 Å². The molecular formula is C19H24N2O3. The summed E-state index contributed by atoms with van der Waals surface area (Å²) in [4.78, 5) is 25.5. The molecule has 0 spiro atoms. The second-order valence-corrected chi connectivity index (χ2v) is 6.44. The molecule has 1 aliphatic heterocycles. The summed E-state index contributed by atoms with van der Waals surface area (Å²) in [5, 5.41) is 1.07. The van der Waals surface area contributed by atoms with Crippen molar-refractivity contribution < 1.29 is 14.3 Å². The van der Waals surface area contributed by atoms with Crippen LogP contribution in [0.4, 0.5) is 0 Å². The molecule has 5 heteroatoms. The van der Waals surface area contributed by atoms with Crippen LogP contribution in [0, 0.1) is 5.92 Å². The molecule has 1 unspecified atom stereocenters. The number of nitrogens with zero attached hydrogens (tertiary/aromatic N) is 2. The van der Waals surface area contributed by atoms with Crippen molar-refractivity contribution in [1.82, 2.24) is 9.47 Å². The minimum atomic E-state index is 0.0173. The standard InChI is InChI=1S/C19H24N2O3/c1-3-19(23)20-8-9-24-13-16(12-20)10-15-4-5-18-17(11-15)6-7-21(18)14(2)22/h4-7,11,16H,3,8-10,12-13H2,1-2H3. The van der Waals surface area contributed by atoms with Gasteiger partial charge in [0.2, 0.25) is 11.8 Å². The lowest BCUT2D eigenvalue weighted by Gasteiger charge is -2.23. The van der Waals surface area contributed by atoms with Crippen molar-refractivity contribution in [2.75, 3.05) is 26.3 Å². The third-order valence-electron chi connectivity index (χ3n) is 4.61. The van der Waals surface area contributed by atoms with E-state index in [1.807, 2.05) is 30.2 Å². The number of benzene rings is 1. The highest BCUT2D eigenvalue weighted by molar-refractivity contribution is 5.91. The molecule has 1 atom stereocenters. The lowest BCUT2D eigenvalue weighted by Crippen LogP contribution is -2.35. The summed E-state index contributed by atoms with van der Waals surface area (Å²) >= 11 is 0. The highest BCUT2D eigenvalue weighted by atomic mass is 16.5. The number of rotatable bonds is 3. The SMILES string of the molecule is CCC(=O)N1CCOCC(Cc2ccc3c(ccn3C(C)=O)c2)C1. The Kier molecular flexibility index (Phi) is 5.00. The monoisotopic (exact) mass is 328 g/mol. The van der Waals surface area contributed by atoms with E-state index in [4.69, 9.17) is 4.74 Å². The van der Waals surface area contributed by atoms with Crippen molar-refractivity contribution in [1.29, 1.82) is 0 Å². The van der Waals surface area contributed by atoms with Crippen molar-refractivity contribution in [3.8, 4) is 0 Å². The van der Waals surface area contributed by atoms with E-state index >= 15 is 0 Å². The van der Waals surface area contributed by atoms with Crippen LogP contribution in [0.15, 0.2) is 30.5 Å². The maximum absolute atomic E-state index is 12.0. The normalized spacial score (nSPS) is 18.6. The van der Waals surface area contributed by atoms with Gasteiger partial charge in [-0.2, -0.15) is 0 Å². The van der Waals surface area contributed by atoms with Gasteiger partial charge in [0.15, 0.2) is 0 Å². The van der Waals surface area contributed by atoms with Gasteiger partial charge in [-0.25, -0.2) is 0 Å². The van der Waals surface area contributed by atoms with Crippen LogP contribution >= 0.6 is 0 Å². The third-order valence-corrected chi connectivity index (χ3v) is 4.61. The van der Waals surface area contributed by atoms with Crippen molar-refractivity contribution >= 4 is 22.7 Å². The van der Waals surface area contributed by atoms with Crippen molar-refractivity contribution in [3.05, 3.63) is 36.0 Å². The Balaban J connectivity index is 1.76. The molecule has 1 saturated heterocycles. The average molecular weight is 328 g/mol. The van der Waals surface area contributed by atoms with Crippen molar-refractivity contribution in [3.63, 3.8) is 0 Å². The molecule has 128 valence electrons. The fourth-order valence-corrected chi connectivity index (χ4v) is 3.38. The molecule has 0 aliphatic carbocycles. The quantitative estimate of drug-likeness (QED) is 0.870. The zero-order chi connectivity index (χ0) is 17.1. The maximum Gasteiger partial charge on any atom is 0.227 e. The van der Waals surface area contributed by atoms with E-state index in [-0.39, 0.29) is 11.8 Å². The van der Waals surface area contributed by atoms with Crippen molar-refractivity contribution in [2.24, 2.45) is 5.92 Å². The zero-order valence-electron chi connectivity index (χ0n) is 14.3. The second kappa shape index (κ2) is 7.18. The van der Waals surface area contributed by atoms with E-state index in [0.717, 1.165) is 23.9 Å². The van der Waals surface area contributed by atoms with E-state index in [1.165, 1.54) is 5.56 Å². The second-order valence-electron chi connectivity index (χ2n) is 6.44. The summed E-state index contributed by atoms with van der Waals surface area (Å²) in [6.07, 6.45) is 3.22. The van der Waals surface area contributed by atoms with E-state index in [2.05, 4.69) is 12.1 Å². The molecule has 2 heterocycles. The Labute approximate surface area is 142 Å². The van der Waals surface area contributed by atoms with Gasteiger partial charge in [-0.3, -0.25) is 14.2 Å². The predicted molar refractivity (Wildman–Crippen MR) is 93.1 cm³/mol. The third kappa shape index (κ3) is 3.51. The summed E-state index contributed by atoms with van der Waals surface area (Å²) in [5.41, 5.74) is 2.15. The van der Waals surface area contributed by atoms with Crippen LogP contribution in [-0.4, -0.2) is 47.6 Å². The first kappa shape index (κ1) is 16.7. The summed E-state index contributed by atoms with van der Waals surface area (Å²) in [7, 11) is 0. The van der Waals surface area contributed by atoms with Crippen molar-refractivity contribution in [2.45, 2.75) is 26.7 Å². The van der Waals surface area contributed by atoms with Crippen LogP contribution in [0.25, 0.3) is 10.9 Å². The average Bonchev–Trinajstić information content (AvgIpc) is 2.86. The number of hydrogen-bond acceptors (Lipinski definition) is 3. The largest absolute Gasteiger partial charge is 0.379 e. The summed E-state index contributed by atoms with van der Waals surface area (Å²) in [6, 6.07) is 8.17. The smallest absolute Gasteiger partial charge is 0.227 e. The Morgan fingerprint density at radius 3 is 2.88 bits per heavy atom. The predicted octanol–water partition coefficient (Wildman–Crippen LogP) is 2.73. The van der Waals surface area contributed by atoms with Gasteiger partial charge in [-0.1, -0.05) is 13.0 Å². The molecular weight excluding hydrogens is 304 g/mol. The van der Waals surface area contributed by atoms with Gasteiger partial charge in [-0.15, -0.1) is 0 Å². The van der Waals surface area contributed by atoms with Gasteiger partial charge in [0, 0.05) is 43.9 Å². The number of aromatic nitrogens is 1. The number of ether oxygens (including phenoxy) is 1. The molecule has 1 fully saturated rings. The van der Waals surface area contributed by atoms with Gasteiger partial charge in [0.05, 0.1) is 18.7 Å². The Morgan fingerprint density at radius 1 is 1.29 bits per heavy atom. The summed E-state index contributed by atoms with van der Waals surface area (Å²) in [5.74, 6) is 0.512. The molecule has 0 saturated carbocycles. The fourth-order valence-electron chi connectivity index (χ4n) is 3.38. The first-order valence-electron chi connectivity index (χ1n) is 8.55. The van der Waals surface area contributed by atoms with Gasteiger partial charge < -0.3 is 9.64 Å². The zero-order valence-corrected chi connectivity index (χ0v) is 14.3. The van der Waals surface area contributed by atoms with Crippen LogP contribution in [0.1, 0.15) is 30.6 Å². The van der Waals surface area contributed by atoms with Gasteiger partial charge in [0.1, 0.15) is 0 Å². The molecule has 1 aromatic carbocycles. The molecule has 1 amide bonds. The van der Waals surface area contributed by atoms with Crippen LogP contribution in [0.2, 0.25) is 0 Å². The lowest BCUT2D eigenvalue weighted by molar-refractivity contribution is -0.131. The number of fused-ring (bicyclic) bond motifs is 1. The van der Waals surface area contributed by atoms with Crippen LogP contribution in [0.3, 0.4) is 0 Å². The molecule has 24 heavy (non-hydrogen) atoms. The molecule has 1 aliphatic rings. The minimum Gasteiger partial charge on any atom is -0.379 e. The molecule has 1 aromatic heterocycles. The molecule has 5 nitrogen and oxygen atoms in total. The minimum absolute atomic E-state index is 0.0173. The first-order valence-corrected chi connectivity index (χ1v) is 8.55. The van der Waals surface area contributed by atoms with E-state index in [0.29, 0.717) is 32.1 Å². The Bertz CT molecular complexity index is 750. The number of carbonyl (C=O) groups is 2. The highest BCUT2D eigenvalue weighted by Crippen LogP contribution is 2.21. The van der Waals surface area contributed by atoms with Crippen LogP contribution in [0.5, 0.6) is 0 Å². The van der Waals surface area contributed by atoms with Gasteiger partial charge in [-0.05, 0) is 30.2 Å². The van der Waals surface area contributed by atoms with E-state index < -0.39 is 0 Å². The van der Waals surface area contributed by atoms with E-state index in [1.54, 1.807) is 11.5 Å². The first-order chi connectivity index (χ1) is 11.6. The van der Waals surface area contributed by atoms with Gasteiger partial charge >= 0.3 is 0 Å². The summed E-state index contributed by atoms with van der Waals surface area (Å²) < 4.78 is 7.35. The summed E-state index contributed by atoms with van der Waals surface area (Å²) in [6.45, 7) is 6.19. The molecule has 2 aromatic rings. The molecule has 0 N–H and O–H groups in total. The molecule has 3 rings (SSSR count). The van der Waals surface area contributed by atoms with E-state index in [9.17, 15) is 9.59 Å². The number of hydrogen-bond donors (Lipinski definition) is 0. The maximum atomic E-state index is 12.0. The topological polar surface area (TPSA) is 51.5 Å². The number of amides is 1. The number of carbonyl (C=O) groups excluding carboxylic acids is 2. The molecule has 0 bridgehead atoms. The molecule has 0 radical (unpaired) electrons. The van der Waals surface area contributed by atoms with Gasteiger partial charge in [0.25, 0.3) is 0 Å². The Morgan fingerprint density at radius 2 is 2.12 bits per heavy atom. The Hall–Kier alpha value is -2.14. The van der Waals surface area contributed by atoms with Crippen LogP contribution < -0.4 is 0 Å². The fraction of sp³-hybridized carbons (Fsp3) is 0.474. The lowest BCUT2D eigenvalue weighted by atomic mass is 9.98.